The molecule has 17 heavy (non-hydrogen) atoms. The molecule has 1 aliphatic rings. The van der Waals surface area contributed by atoms with Gasteiger partial charge in [-0.3, -0.25) is 4.31 Å². The largest absolute Gasteiger partial charge is 0.314 e. The lowest BCUT2D eigenvalue weighted by Crippen LogP contribution is -2.37. The van der Waals surface area contributed by atoms with Crippen molar-refractivity contribution in [2.45, 2.75) is 19.1 Å². The molecule has 1 N–H and O–H groups in total. The molecule has 1 atom stereocenters. The van der Waals surface area contributed by atoms with Crippen molar-refractivity contribution in [3.63, 3.8) is 0 Å². The molecule has 4 nitrogen and oxygen atoms in total. The standard InChI is InChI=1S/C12H18N2O2S/c1-10-3-5-12(6-4-10)14-8-7-13-9-11(2)17(14,15)16/h3-6,11,13H,7-9H2,1-2H3. The van der Waals surface area contributed by atoms with E-state index in [1.54, 1.807) is 6.92 Å². The minimum atomic E-state index is -3.23. The van der Waals surface area contributed by atoms with Crippen molar-refractivity contribution >= 4 is 15.7 Å². The van der Waals surface area contributed by atoms with E-state index in [0.717, 1.165) is 11.3 Å². The Morgan fingerprint density at radius 2 is 1.94 bits per heavy atom. The van der Waals surface area contributed by atoms with Crippen molar-refractivity contribution in [3.8, 4) is 0 Å². The van der Waals surface area contributed by atoms with E-state index in [0.29, 0.717) is 19.6 Å². The minimum Gasteiger partial charge on any atom is -0.314 e. The zero-order valence-corrected chi connectivity index (χ0v) is 11.0. The second-order valence-corrected chi connectivity index (χ2v) is 6.74. The summed E-state index contributed by atoms with van der Waals surface area (Å²) in [5.41, 5.74) is 1.89. The van der Waals surface area contributed by atoms with Crippen molar-refractivity contribution in [1.82, 2.24) is 5.32 Å². The van der Waals surface area contributed by atoms with Crippen LogP contribution in [-0.2, 0) is 10.0 Å². The van der Waals surface area contributed by atoms with Crippen LogP contribution in [0.5, 0.6) is 0 Å². The maximum Gasteiger partial charge on any atom is 0.239 e. The van der Waals surface area contributed by atoms with Gasteiger partial charge in [0.1, 0.15) is 0 Å². The first-order valence-electron chi connectivity index (χ1n) is 5.81. The van der Waals surface area contributed by atoms with E-state index >= 15 is 0 Å². The Labute approximate surface area is 103 Å². The SMILES string of the molecule is Cc1ccc(N2CCNCC(C)S2(=O)=O)cc1. The lowest BCUT2D eigenvalue weighted by Gasteiger charge is -2.24. The Balaban J connectivity index is 2.38. The van der Waals surface area contributed by atoms with Crippen LogP contribution in [0.25, 0.3) is 0 Å². The Kier molecular flexibility index (Phi) is 3.40. The summed E-state index contributed by atoms with van der Waals surface area (Å²) >= 11 is 0. The first-order chi connectivity index (χ1) is 8.01. The average molecular weight is 254 g/mol. The second-order valence-electron chi connectivity index (χ2n) is 4.47. The van der Waals surface area contributed by atoms with Gasteiger partial charge in [0.05, 0.1) is 10.9 Å². The number of benzene rings is 1. The molecule has 0 saturated carbocycles. The number of hydrogen-bond acceptors (Lipinski definition) is 3. The third-order valence-electron chi connectivity index (χ3n) is 3.06. The maximum atomic E-state index is 12.3. The molecule has 1 aromatic carbocycles. The molecule has 0 aliphatic carbocycles. The van der Waals surface area contributed by atoms with Gasteiger partial charge >= 0.3 is 0 Å². The van der Waals surface area contributed by atoms with Gasteiger partial charge in [-0.2, -0.15) is 0 Å². The fourth-order valence-electron chi connectivity index (χ4n) is 1.92. The molecule has 94 valence electrons. The third-order valence-corrected chi connectivity index (χ3v) is 5.25. The van der Waals surface area contributed by atoms with Gasteiger partial charge in [-0.1, -0.05) is 17.7 Å². The van der Waals surface area contributed by atoms with Crippen molar-refractivity contribution < 1.29 is 8.42 Å². The summed E-state index contributed by atoms with van der Waals surface area (Å²) in [7, 11) is -3.23. The Morgan fingerprint density at radius 1 is 1.29 bits per heavy atom. The fourth-order valence-corrected chi connectivity index (χ4v) is 3.45. The highest BCUT2D eigenvalue weighted by Gasteiger charge is 2.30. The third kappa shape index (κ3) is 2.45. The summed E-state index contributed by atoms with van der Waals surface area (Å²) in [5.74, 6) is 0. The number of aryl methyl sites for hydroxylation is 1. The highest BCUT2D eigenvalue weighted by molar-refractivity contribution is 7.93. The summed E-state index contributed by atoms with van der Waals surface area (Å²) in [5, 5.41) is 2.76. The molecule has 0 spiro atoms. The number of nitrogens with one attached hydrogen (secondary N) is 1. The normalized spacial score (nSPS) is 24.4. The van der Waals surface area contributed by atoms with Gasteiger partial charge in [0.15, 0.2) is 0 Å². The van der Waals surface area contributed by atoms with Crippen LogP contribution in [-0.4, -0.2) is 33.3 Å². The first kappa shape index (κ1) is 12.4. The molecule has 0 amide bonds. The van der Waals surface area contributed by atoms with Gasteiger partial charge in [-0.15, -0.1) is 0 Å². The molecule has 1 saturated heterocycles. The Bertz CT molecular complexity index is 482. The molecule has 1 unspecified atom stereocenters. The van der Waals surface area contributed by atoms with Crippen molar-refractivity contribution in [2.24, 2.45) is 0 Å². The van der Waals surface area contributed by atoms with Crippen LogP contribution < -0.4 is 9.62 Å². The molecule has 1 aliphatic heterocycles. The number of hydrogen-bond donors (Lipinski definition) is 1. The quantitative estimate of drug-likeness (QED) is 0.817. The number of sulfonamides is 1. The zero-order chi connectivity index (χ0) is 12.5. The molecule has 1 aromatic rings. The van der Waals surface area contributed by atoms with Crippen LogP contribution in [0.3, 0.4) is 0 Å². The van der Waals surface area contributed by atoms with Gasteiger partial charge in [-0.25, -0.2) is 8.42 Å². The first-order valence-corrected chi connectivity index (χ1v) is 7.31. The van der Waals surface area contributed by atoms with Gasteiger partial charge in [0, 0.05) is 19.6 Å². The predicted molar refractivity (Wildman–Crippen MR) is 69.8 cm³/mol. The van der Waals surface area contributed by atoms with Gasteiger partial charge in [0.25, 0.3) is 0 Å². The number of nitrogens with zero attached hydrogens (tertiary/aromatic N) is 1. The summed E-state index contributed by atoms with van der Waals surface area (Å²) in [6.07, 6.45) is 0. The summed E-state index contributed by atoms with van der Waals surface area (Å²) < 4.78 is 26.1. The highest BCUT2D eigenvalue weighted by Crippen LogP contribution is 2.22. The molecule has 5 heteroatoms. The summed E-state index contributed by atoms with van der Waals surface area (Å²) in [4.78, 5) is 0. The van der Waals surface area contributed by atoms with Gasteiger partial charge in [0.2, 0.25) is 10.0 Å². The Morgan fingerprint density at radius 3 is 2.59 bits per heavy atom. The van der Waals surface area contributed by atoms with Crippen LogP contribution in [0.4, 0.5) is 5.69 Å². The molecular formula is C12H18N2O2S. The number of anilines is 1. The van der Waals surface area contributed by atoms with E-state index in [1.807, 2.05) is 31.2 Å². The van der Waals surface area contributed by atoms with E-state index in [4.69, 9.17) is 0 Å². The lowest BCUT2D eigenvalue weighted by molar-refractivity contribution is 0.581. The maximum absolute atomic E-state index is 12.3. The molecule has 1 heterocycles. The molecule has 1 fully saturated rings. The number of rotatable bonds is 1. The monoisotopic (exact) mass is 254 g/mol. The van der Waals surface area contributed by atoms with Crippen molar-refractivity contribution in [1.29, 1.82) is 0 Å². The van der Waals surface area contributed by atoms with Crippen LogP contribution in [0.2, 0.25) is 0 Å². The minimum absolute atomic E-state index is 0.383. The van der Waals surface area contributed by atoms with E-state index in [9.17, 15) is 8.42 Å². The van der Waals surface area contributed by atoms with E-state index in [-0.39, 0.29) is 5.25 Å². The van der Waals surface area contributed by atoms with E-state index in [1.165, 1.54) is 4.31 Å². The van der Waals surface area contributed by atoms with Gasteiger partial charge < -0.3 is 5.32 Å². The highest BCUT2D eigenvalue weighted by atomic mass is 32.2. The average Bonchev–Trinajstić information content (AvgIpc) is 2.41. The summed E-state index contributed by atoms with van der Waals surface area (Å²) in [6.45, 7) is 5.44. The second kappa shape index (κ2) is 4.66. The van der Waals surface area contributed by atoms with Crippen LogP contribution in [0.15, 0.2) is 24.3 Å². The molecular weight excluding hydrogens is 236 g/mol. The van der Waals surface area contributed by atoms with Crippen LogP contribution in [0, 0.1) is 6.92 Å². The molecule has 0 aromatic heterocycles. The van der Waals surface area contributed by atoms with E-state index < -0.39 is 10.0 Å². The topological polar surface area (TPSA) is 49.4 Å². The molecule has 2 rings (SSSR count). The predicted octanol–water partition coefficient (Wildman–Crippen LogP) is 1.12. The zero-order valence-electron chi connectivity index (χ0n) is 10.2. The van der Waals surface area contributed by atoms with Crippen molar-refractivity contribution in [3.05, 3.63) is 29.8 Å². The smallest absolute Gasteiger partial charge is 0.239 e. The lowest BCUT2D eigenvalue weighted by atomic mass is 10.2. The fraction of sp³-hybridized carbons (Fsp3) is 0.500. The molecule has 0 bridgehead atoms. The van der Waals surface area contributed by atoms with Crippen molar-refractivity contribution in [2.75, 3.05) is 23.9 Å². The van der Waals surface area contributed by atoms with Gasteiger partial charge in [-0.05, 0) is 26.0 Å². The van der Waals surface area contributed by atoms with E-state index in [2.05, 4.69) is 5.32 Å². The Hall–Kier alpha value is -1.07. The molecule has 0 radical (unpaired) electrons. The van der Waals surface area contributed by atoms with Crippen LogP contribution in [0.1, 0.15) is 12.5 Å². The van der Waals surface area contributed by atoms with Crippen LogP contribution >= 0.6 is 0 Å². The summed E-state index contributed by atoms with van der Waals surface area (Å²) in [6, 6.07) is 7.61.